The molecule has 138 valence electrons. The van der Waals surface area contributed by atoms with Crippen LogP contribution in [0.3, 0.4) is 0 Å². The van der Waals surface area contributed by atoms with Crippen LogP contribution in [0.25, 0.3) is 5.69 Å². The number of hydrogen-bond donors (Lipinski definition) is 0. The lowest BCUT2D eigenvalue weighted by atomic mass is 9.98. The first-order valence-electron chi connectivity index (χ1n) is 8.45. The van der Waals surface area contributed by atoms with Crippen molar-refractivity contribution in [1.82, 2.24) is 24.8 Å². The number of aromatic nitrogens is 3. The van der Waals surface area contributed by atoms with Crippen LogP contribution in [-0.2, 0) is 4.79 Å². The number of piperazine rings is 1. The van der Waals surface area contributed by atoms with Crippen molar-refractivity contribution in [2.75, 3.05) is 19.6 Å². The molecule has 1 aromatic carbocycles. The largest absolute Gasteiger partial charge is 0.339 e. The van der Waals surface area contributed by atoms with Crippen LogP contribution in [0.1, 0.15) is 36.8 Å². The van der Waals surface area contributed by atoms with E-state index in [-0.39, 0.29) is 23.3 Å². The van der Waals surface area contributed by atoms with E-state index in [9.17, 15) is 14.0 Å². The predicted octanol–water partition coefficient (Wildman–Crippen LogP) is 1.80. The molecule has 0 saturated carbocycles. The SMILES string of the molecule is CC(=O)N1CCN(C(=O)c2cn(-c3ccc(F)cc3C)nn2)C(C)(C)C1. The van der Waals surface area contributed by atoms with E-state index in [4.69, 9.17) is 0 Å². The van der Waals surface area contributed by atoms with Gasteiger partial charge in [-0.2, -0.15) is 0 Å². The number of benzene rings is 1. The molecule has 0 atom stereocenters. The summed E-state index contributed by atoms with van der Waals surface area (Å²) in [5.74, 6) is -0.556. The van der Waals surface area contributed by atoms with E-state index in [1.165, 1.54) is 23.7 Å². The lowest BCUT2D eigenvalue weighted by Crippen LogP contribution is -2.61. The Morgan fingerprint density at radius 3 is 2.58 bits per heavy atom. The highest BCUT2D eigenvalue weighted by molar-refractivity contribution is 5.92. The molecule has 2 amide bonds. The first-order valence-corrected chi connectivity index (χ1v) is 8.45. The van der Waals surface area contributed by atoms with Gasteiger partial charge in [0.1, 0.15) is 5.82 Å². The normalized spacial score (nSPS) is 16.7. The van der Waals surface area contributed by atoms with E-state index in [1.54, 1.807) is 29.0 Å². The zero-order valence-electron chi connectivity index (χ0n) is 15.4. The number of carbonyl (C=O) groups excluding carboxylic acids is 2. The summed E-state index contributed by atoms with van der Waals surface area (Å²) in [6, 6.07) is 4.35. The number of nitrogens with zero attached hydrogens (tertiary/aromatic N) is 5. The van der Waals surface area contributed by atoms with Gasteiger partial charge in [-0.15, -0.1) is 5.10 Å². The van der Waals surface area contributed by atoms with Crippen molar-refractivity contribution in [2.24, 2.45) is 0 Å². The smallest absolute Gasteiger partial charge is 0.276 e. The lowest BCUT2D eigenvalue weighted by Gasteiger charge is -2.46. The molecule has 1 fully saturated rings. The van der Waals surface area contributed by atoms with E-state index < -0.39 is 5.54 Å². The first kappa shape index (κ1) is 18.0. The molecule has 0 N–H and O–H groups in total. The Bertz CT molecular complexity index is 861. The maximum absolute atomic E-state index is 13.3. The Morgan fingerprint density at radius 2 is 1.96 bits per heavy atom. The maximum atomic E-state index is 13.3. The molecule has 0 radical (unpaired) electrons. The van der Waals surface area contributed by atoms with Gasteiger partial charge in [-0.05, 0) is 44.5 Å². The predicted molar refractivity (Wildman–Crippen MR) is 93.4 cm³/mol. The Kier molecular flexibility index (Phi) is 4.52. The van der Waals surface area contributed by atoms with Gasteiger partial charge < -0.3 is 9.80 Å². The van der Waals surface area contributed by atoms with Crippen LogP contribution in [0.5, 0.6) is 0 Å². The molecule has 26 heavy (non-hydrogen) atoms. The fourth-order valence-corrected chi connectivity index (χ4v) is 3.29. The van der Waals surface area contributed by atoms with Crippen molar-refractivity contribution in [2.45, 2.75) is 33.2 Å². The van der Waals surface area contributed by atoms with Crippen LogP contribution < -0.4 is 0 Å². The van der Waals surface area contributed by atoms with Crippen molar-refractivity contribution in [3.8, 4) is 5.69 Å². The van der Waals surface area contributed by atoms with Gasteiger partial charge in [0.2, 0.25) is 5.91 Å². The zero-order valence-corrected chi connectivity index (χ0v) is 15.4. The van der Waals surface area contributed by atoms with Gasteiger partial charge in [0.05, 0.1) is 17.4 Å². The molecule has 1 aromatic heterocycles. The molecule has 3 rings (SSSR count). The third kappa shape index (κ3) is 3.31. The summed E-state index contributed by atoms with van der Waals surface area (Å²) in [5, 5.41) is 8.01. The summed E-state index contributed by atoms with van der Waals surface area (Å²) in [5.41, 5.74) is 1.08. The van der Waals surface area contributed by atoms with E-state index >= 15 is 0 Å². The highest BCUT2D eigenvalue weighted by Crippen LogP contribution is 2.23. The van der Waals surface area contributed by atoms with Crippen LogP contribution in [-0.4, -0.2) is 61.8 Å². The molecule has 0 aliphatic carbocycles. The maximum Gasteiger partial charge on any atom is 0.276 e. The van der Waals surface area contributed by atoms with Gasteiger partial charge in [0.15, 0.2) is 5.69 Å². The average molecular weight is 359 g/mol. The number of hydrogen-bond acceptors (Lipinski definition) is 4. The lowest BCUT2D eigenvalue weighted by molar-refractivity contribution is -0.133. The third-order valence-corrected chi connectivity index (χ3v) is 4.71. The molecule has 1 aliphatic heterocycles. The summed E-state index contributed by atoms with van der Waals surface area (Å²) in [6.07, 6.45) is 1.55. The molecule has 2 aromatic rings. The minimum Gasteiger partial charge on any atom is -0.339 e. The molecule has 1 saturated heterocycles. The molecule has 0 bridgehead atoms. The Morgan fingerprint density at radius 1 is 1.23 bits per heavy atom. The van der Waals surface area contributed by atoms with Gasteiger partial charge >= 0.3 is 0 Å². The molecule has 1 aliphatic rings. The fourth-order valence-electron chi connectivity index (χ4n) is 3.29. The fraction of sp³-hybridized carbons (Fsp3) is 0.444. The second-order valence-electron chi connectivity index (χ2n) is 7.19. The Hall–Kier alpha value is -2.77. The molecule has 0 spiro atoms. The van der Waals surface area contributed by atoms with Crippen molar-refractivity contribution in [3.05, 3.63) is 41.5 Å². The summed E-state index contributed by atoms with van der Waals surface area (Å²) in [4.78, 5) is 28.0. The van der Waals surface area contributed by atoms with E-state index in [0.717, 1.165) is 0 Å². The first-order chi connectivity index (χ1) is 12.2. The Labute approximate surface area is 151 Å². The molecule has 7 nitrogen and oxygen atoms in total. The van der Waals surface area contributed by atoms with Crippen molar-refractivity contribution < 1.29 is 14.0 Å². The Balaban J connectivity index is 1.83. The van der Waals surface area contributed by atoms with Crippen molar-refractivity contribution in [1.29, 1.82) is 0 Å². The second-order valence-corrected chi connectivity index (χ2v) is 7.19. The standard InChI is InChI=1S/C18H22FN5O2/c1-12-9-14(19)5-6-16(12)24-10-15(20-21-24)17(26)23-8-7-22(13(2)25)11-18(23,3)4/h5-6,9-10H,7-8,11H2,1-4H3. The number of aryl methyl sites for hydroxylation is 1. The third-order valence-electron chi connectivity index (χ3n) is 4.71. The van der Waals surface area contributed by atoms with Crippen LogP contribution in [0, 0.1) is 12.7 Å². The number of carbonyl (C=O) groups is 2. The summed E-state index contributed by atoms with van der Waals surface area (Å²) in [7, 11) is 0. The van der Waals surface area contributed by atoms with Crippen LogP contribution in [0.15, 0.2) is 24.4 Å². The summed E-state index contributed by atoms with van der Waals surface area (Å²) in [6.45, 7) is 8.56. The minimum atomic E-state index is -0.503. The van der Waals surface area contributed by atoms with Crippen molar-refractivity contribution >= 4 is 11.8 Å². The molecular formula is C18H22FN5O2. The quantitative estimate of drug-likeness (QED) is 0.820. The van der Waals surface area contributed by atoms with Gasteiger partial charge in [-0.25, -0.2) is 9.07 Å². The van der Waals surface area contributed by atoms with Crippen LogP contribution in [0.4, 0.5) is 4.39 Å². The van der Waals surface area contributed by atoms with Gasteiger partial charge in [0, 0.05) is 26.6 Å². The topological polar surface area (TPSA) is 71.3 Å². The monoisotopic (exact) mass is 359 g/mol. The van der Waals surface area contributed by atoms with Crippen LogP contribution in [0.2, 0.25) is 0 Å². The summed E-state index contributed by atoms with van der Waals surface area (Å²) < 4.78 is 14.8. The van der Waals surface area contributed by atoms with Gasteiger partial charge in [-0.3, -0.25) is 9.59 Å². The molecule has 0 unspecified atom stereocenters. The van der Waals surface area contributed by atoms with Gasteiger partial charge in [0.25, 0.3) is 5.91 Å². The highest BCUT2D eigenvalue weighted by atomic mass is 19.1. The summed E-state index contributed by atoms with van der Waals surface area (Å²) >= 11 is 0. The minimum absolute atomic E-state index is 0.00269. The molecule has 8 heteroatoms. The number of rotatable bonds is 2. The van der Waals surface area contributed by atoms with E-state index in [2.05, 4.69) is 10.3 Å². The second kappa shape index (κ2) is 6.51. The van der Waals surface area contributed by atoms with Gasteiger partial charge in [-0.1, -0.05) is 5.21 Å². The van der Waals surface area contributed by atoms with Crippen molar-refractivity contribution in [3.63, 3.8) is 0 Å². The average Bonchev–Trinajstić information content (AvgIpc) is 3.03. The number of amides is 2. The van der Waals surface area contributed by atoms with E-state index in [1.807, 2.05) is 13.8 Å². The zero-order chi connectivity index (χ0) is 19.1. The molecular weight excluding hydrogens is 337 g/mol. The highest BCUT2D eigenvalue weighted by Gasteiger charge is 2.38. The van der Waals surface area contributed by atoms with Crippen LogP contribution >= 0.6 is 0 Å². The van der Waals surface area contributed by atoms with E-state index in [0.29, 0.717) is 30.9 Å². The number of halogens is 1. The molecule has 2 heterocycles.